The van der Waals surface area contributed by atoms with Crippen LogP contribution in [0, 0.1) is 13.8 Å². The maximum Gasteiger partial charge on any atom is 0.0980 e. The standard InChI is InChI=1S/C13H16N2O/c1-9-4-5-12(10(2)6-9)13-11(8-16)7-15(3)14-13/h4-7,16H,8H2,1-3H3. The van der Waals surface area contributed by atoms with Gasteiger partial charge in [-0.15, -0.1) is 0 Å². The fraction of sp³-hybridized carbons (Fsp3) is 0.308. The van der Waals surface area contributed by atoms with Crippen molar-refractivity contribution in [2.45, 2.75) is 20.5 Å². The SMILES string of the molecule is Cc1ccc(-c2nn(C)cc2CO)c(C)c1. The van der Waals surface area contributed by atoms with Crippen molar-refractivity contribution in [3.63, 3.8) is 0 Å². The molecule has 0 aliphatic heterocycles. The van der Waals surface area contributed by atoms with Gasteiger partial charge in [0.1, 0.15) is 0 Å². The van der Waals surface area contributed by atoms with Crippen LogP contribution < -0.4 is 0 Å². The lowest BCUT2D eigenvalue weighted by Gasteiger charge is -2.05. The third-order valence-electron chi connectivity index (χ3n) is 2.71. The maximum atomic E-state index is 9.29. The molecule has 1 heterocycles. The van der Waals surface area contributed by atoms with Gasteiger partial charge in [-0.3, -0.25) is 4.68 Å². The van der Waals surface area contributed by atoms with Gasteiger partial charge < -0.3 is 5.11 Å². The predicted octanol–water partition coefficient (Wildman–Crippen LogP) is 2.20. The molecule has 2 rings (SSSR count). The topological polar surface area (TPSA) is 38.0 Å². The molecular weight excluding hydrogens is 200 g/mol. The summed E-state index contributed by atoms with van der Waals surface area (Å²) in [5, 5.41) is 13.7. The first-order valence-corrected chi connectivity index (χ1v) is 5.33. The van der Waals surface area contributed by atoms with Crippen molar-refractivity contribution in [2.75, 3.05) is 0 Å². The van der Waals surface area contributed by atoms with Crippen molar-refractivity contribution in [3.05, 3.63) is 41.1 Å². The van der Waals surface area contributed by atoms with E-state index in [-0.39, 0.29) is 6.61 Å². The number of aryl methyl sites for hydroxylation is 3. The summed E-state index contributed by atoms with van der Waals surface area (Å²) in [6.45, 7) is 4.16. The van der Waals surface area contributed by atoms with Gasteiger partial charge in [-0.25, -0.2) is 0 Å². The number of benzene rings is 1. The second-order valence-electron chi connectivity index (χ2n) is 4.15. The molecule has 0 saturated heterocycles. The van der Waals surface area contributed by atoms with Crippen LogP contribution >= 0.6 is 0 Å². The molecule has 2 aromatic rings. The molecule has 0 amide bonds. The van der Waals surface area contributed by atoms with Crippen LogP contribution in [0.1, 0.15) is 16.7 Å². The minimum absolute atomic E-state index is 0.0243. The Balaban J connectivity index is 2.57. The van der Waals surface area contributed by atoms with Crippen LogP contribution in [0.2, 0.25) is 0 Å². The lowest BCUT2D eigenvalue weighted by molar-refractivity contribution is 0.282. The second kappa shape index (κ2) is 4.10. The highest BCUT2D eigenvalue weighted by molar-refractivity contribution is 5.66. The molecule has 16 heavy (non-hydrogen) atoms. The molecular formula is C13H16N2O. The van der Waals surface area contributed by atoms with Crippen LogP contribution in [0.25, 0.3) is 11.3 Å². The predicted molar refractivity (Wildman–Crippen MR) is 64.0 cm³/mol. The molecule has 1 N–H and O–H groups in total. The van der Waals surface area contributed by atoms with E-state index >= 15 is 0 Å². The molecule has 3 heteroatoms. The number of hydrogen-bond acceptors (Lipinski definition) is 2. The van der Waals surface area contributed by atoms with E-state index in [0.717, 1.165) is 16.8 Å². The van der Waals surface area contributed by atoms with E-state index in [1.54, 1.807) is 4.68 Å². The van der Waals surface area contributed by atoms with Crippen molar-refractivity contribution in [1.29, 1.82) is 0 Å². The molecule has 0 unspecified atom stereocenters. The Bertz CT molecular complexity index is 515. The van der Waals surface area contributed by atoms with Gasteiger partial charge in [0.15, 0.2) is 0 Å². The number of aliphatic hydroxyl groups is 1. The van der Waals surface area contributed by atoms with Gasteiger partial charge in [0.2, 0.25) is 0 Å². The molecule has 0 radical (unpaired) electrons. The highest BCUT2D eigenvalue weighted by atomic mass is 16.3. The lowest BCUT2D eigenvalue weighted by atomic mass is 10.0. The largest absolute Gasteiger partial charge is 0.392 e. The van der Waals surface area contributed by atoms with E-state index in [1.165, 1.54) is 11.1 Å². The summed E-state index contributed by atoms with van der Waals surface area (Å²) in [6.07, 6.45) is 1.86. The number of aliphatic hydroxyl groups excluding tert-OH is 1. The normalized spacial score (nSPS) is 10.8. The monoisotopic (exact) mass is 216 g/mol. The summed E-state index contributed by atoms with van der Waals surface area (Å²) in [6, 6.07) is 6.26. The van der Waals surface area contributed by atoms with Crippen molar-refractivity contribution in [3.8, 4) is 11.3 Å². The molecule has 1 aromatic heterocycles. The van der Waals surface area contributed by atoms with Crippen LogP contribution in [-0.4, -0.2) is 14.9 Å². The van der Waals surface area contributed by atoms with Gasteiger partial charge in [-0.1, -0.05) is 23.8 Å². The van der Waals surface area contributed by atoms with Gasteiger partial charge in [-0.05, 0) is 19.4 Å². The fourth-order valence-electron chi connectivity index (χ4n) is 1.96. The zero-order valence-corrected chi connectivity index (χ0v) is 9.86. The molecule has 1 aromatic carbocycles. The highest BCUT2D eigenvalue weighted by Crippen LogP contribution is 2.25. The third kappa shape index (κ3) is 1.86. The highest BCUT2D eigenvalue weighted by Gasteiger charge is 2.11. The average Bonchev–Trinajstić information content (AvgIpc) is 2.59. The molecule has 0 saturated carbocycles. The quantitative estimate of drug-likeness (QED) is 0.835. The van der Waals surface area contributed by atoms with Crippen molar-refractivity contribution < 1.29 is 5.11 Å². The van der Waals surface area contributed by atoms with Gasteiger partial charge in [0.05, 0.1) is 12.3 Å². The summed E-state index contributed by atoms with van der Waals surface area (Å²) in [4.78, 5) is 0. The average molecular weight is 216 g/mol. The Kier molecular flexibility index (Phi) is 2.79. The molecule has 0 spiro atoms. The number of rotatable bonds is 2. The van der Waals surface area contributed by atoms with Crippen LogP contribution in [0.4, 0.5) is 0 Å². The van der Waals surface area contributed by atoms with E-state index in [1.807, 2.05) is 13.2 Å². The van der Waals surface area contributed by atoms with Gasteiger partial charge in [-0.2, -0.15) is 5.10 Å². The molecule has 0 atom stereocenters. The zero-order valence-electron chi connectivity index (χ0n) is 9.86. The molecule has 0 aliphatic carbocycles. The third-order valence-corrected chi connectivity index (χ3v) is 2.71. The number of hydrogen-bond donors (Lipinski definition) is 1. The van der Waals surface area contributed by atoms with E-state index in [2.05, 4.69) is 37.1 Å². The van der Waals surface area contributed by atoms with Crippen molar-refractivity contribution in [1.82, 2.24) is 9.78 Å². The maximum absolute atomic E-state index is 9.29. The summed E-state index contributed by atoms with van der Waals surface area (Å²) in [5.41, 5.74) is 5.27. The minimum Gasteiger partial charge on any atom is -0.392 e. The molecule has 84 valence electrons. The first-order valence-electron chi connectivity index (χ1n) is 5.33. The Morgan fingerprint density at radius 1 is 1.31 bits per heavy atom. The van der Waals surface area contributed by atoms with E-state index in [4.69, 9.17) is 0 Å². The van der Waals surface area contributed by atoms with Crippen LogP contribution in [0.5, 0.6) is 0 Å². The van der Waals surface area contributed by atoms with Crippen LogP contribution in [0.15, 0.2) is 24.4 Å². The Labute approximate surface area is 95.3 Å². The lowest BCUT2D eigenvalue weighted by Crippen LogP contribution is -1.91. The molecule has 0 fully saturated rings. The molecule has 3 nitrogen and oxygen atoms in total. The van der Waals surface area contributed by atoms with Crippen LogP contribution in [0.3, 0.4) is 0 Å². The van der Waals surface area contributed by atoms with E-state index in [9.17, 15) is 5.11 Å². The summed E-state index contributed by atoms with van der Waals surface area (Å²) in [5.74, 6) is 0. The van der Waals surface area contributed by atoms with Gasteiger partial charge in [0, 0.05) is 24.4 Å². The second-order valence-corrected chi connectivity index (χ2v) is 4.15. The first kappa shape index (κ1) is 10.9. The number of aromatic nitrogens is 2. The molecule has 0 aliphatic rings. The fourth-order valence-corrected chi connectivity index (χ4v) is 1.96. The zero-order chi connectivity index (χ0) is 11.7. The Hall–Kier alpha value is -1.61. The first-order chi connectivity index (χ1) is 7.61. The van der Waals surface area contributed by atoms with Gasteiger partial charge >= 0.3 is 0 Å². The summed E-state index contributed by atoms with van der Waals surface area (Å²) >= 11 is 0. The van der Waals surface area contributed by atoms with Crippen molar-refractivity contribution in [2.24, 2.45) is 7.05 Å². The Morgan fingerprint density at radius 2 is 2.06 bits per heavy atom. The summed E-state index contributed by atoms with van der Waals surface area (Å²) in [7, 11) is 1.87. The van der Waals surface area contributed by atoms with E-state index < -0.39 is 0 Å². The smallest absolute Gasteiger partial charge is 0.0980 e. The van der Waals surface area contributed by atoms with Gasteiger partial charge in [0.25, 0.3) is 0 Å². The Morgan fingerprint density at radius 3 is 2.69 bits per heavy atom. The molecule has 0 bridgehead atoms. The van der Waals surface area contributed by atoms with Crippen molar-refractivity contribution >= 4 is 0 Å². The van der Waals surface area contributed by atoms with Crippen LogP contribution in [-0.2, 0) is 13.7 Å². The number of nitrogens with zero attached hydrogens (tertiary/aromatic N) is 2. The summed E-state index contributed by atoms with van der Waals surface area (Å²) < 4.78 is 1.74. The minimum atomic E-state index is 0.0243. The van der Waals surface area contributed by atoms with E-state index in [0.29, 0.717) is 0 Å².